The molecule has 1 heterocycles. The van der Waals surface area contributed by atoms with E-state index in [1.165, 1.54) is 0 Å². The molecule has 3 aromatic carbocycles. The average Bonchev–Trinajstić information content (AvgIpc) is 3.06. The number of anilines is 1. The van der Waals surface area contributed by atoms with E-state index in [4.69, 9.17) is 21.1 Å². The van der Waals surface area contributed by atoms with Crippen LogP contribution in [0.25, 0.3) is 11.6 Å². The van der Waals surface area contributed by atoms with E-state index in [1.807, 2.05) is 78.6 Å². The number of amides is 1. The van der Waals surface area contributed by atoms with Crippen LogP contribution in [0.2, 0.25) is 5.02 Å². The van der Waals surface area contributed by atoms with E-state index in [1.54, 1.807) is 0 Å². The van der Waals surface area contributed by atoms with Gasteiger partial charge in [-0.05, 0) is 76.8 Å². The predicted octanol–water partition coefficient (Wildman–Crippen LogP) is 7.38. The molecule has 0 aromatic heterocycles. The number of benzene rings is 3. The van der Waals surface area contributed by atoms with Crippen molar-refractivity contribution < 1.29 is 14.3 Å². The minimum absolute atomic E-state index is 0.0233. The number of fused-ring (bicyclic) bond motifs is 1. The molecule has 0 unspecified atom stereocenters. The summed E-state index contributed by atoms with van der Waals surface area (Å²) in [5, 5.41) is 0.688. The van der Waals surface area contributed by atoms with Crippen LogP contribution >= 0.6 is 27.5 Å². The fourth-order valence-corrected chi connectivity index (χ4v) is 4.57. The topological polar surface area (TPSA) is 38.8 Å². The maximum atomic E-state index is 13.2. The molecule has 0 saturated heterocycles. The molecule has 1 amide bonds. The zero-order valence-corrected chi connectivity index (χ0v) is 20.9. The van der Waals surface area contributed by atoms with Crippen molar-refractivity contribution >= 4 is 50.8 Å². The van der Waals surface area contributed by atoms with Crippen molar-refractivity contribution in [3.8, 4) is 11.5 Å². The van der Waals surface area contributed by atoms with Crippen molar-refractivity contribution in [2.45, 2.75) is 26.9 Å². The first-order valence-electron chi connectivity index (χ1n) is 11.0. The van der Waals surface area contributed by atoms with Gasteiger partial charge in [0.2, 0.25) is 0 Å². The van der Waals surface area contributed by atoms with Crippen molar-refractivity contribution in [1.82, 2.24) is 0 Å². The summed E-state index contributed by atoms with van der Waals surface area (Å²) in [7, 11) is 0. The van der Waals surface area contributed by atoms with Gasteiger partial charge < -0.3 is 14.4 Å². The van der Waals surface area contributed by atoms with E-state index in [0.717, 1.165) is 33.3 Å². The third-order valence-electron chi connectivity index (χ3n) is 5.35. The number of carbonyl (C=O) groups is 1. The van der Waals surface area contributed by atoms with Gasteiger partial charge in [-0.15, -0.1) is 0 Å². The van der Waals surface area contributed by atoms with Crippen molar-refractivity contribution in [3.63, 3.8) is 0 Å². The van der Waals surface area contributed by atoms with Crippen LogP contribution in [-0.2, 0) is 11.4 Å². The Bertz CT molecular complexity index is 1190. The monoisotopic (exact) mass is 525 g/mol. The van der Waals surface area contributed by atoms with E-state index in [0.29, 0.717) is 41.9 Å². The zero-order chi connectivity index (χ0) is 23.4. The molecule has 170 valence electrons. The maximum absolute atomic E-state index is 13.2. The molecule has 0 radical (unpaired) electrons. The van der Waals surface area contributed by atoms with E-state index in [2.05, 4.69) is 22.9 Å². The van der Waals surface area contributed by atoms with Crippen molar-refractivity contribution in [2.75, 3.05) is 18.1 Å². The van der Waals surface area contributed by atoms with E-state index in [9.17, 15) is 4.79 Å². The van der Waals surface area contributed by atoms with E-state index in [-0.39, 0.29) is 5.91 Å². The third kappa shape index (κ3) is 5.10. The second-order valence-electron chi connectivity index (χ2n) is 7.71. The van der Waals surface area contributed by atoms with E-state index >= 15 is 0 Å². The minimum atomic E-state index is 0.0233. The van der Waals surface area contributed by atoms with Crippen molar-refractivity contribution in [1.29, 1.82) is 0 Å². The molecule has 0 atom stereocenters. The number of hydrogen-bond acceptors (Lipinski definition) is 3. The summed E-state index contributed by atoms with van der Waals surface area (Å²) in [6.45, 7) is 5.58. The van der Waals surface area contributed by atoms with Crippen LogP contribution < -0.4 is 14.4 Å². The van der Waals surface area contributed by atoms with E-state index < -0.39 is 0 Å². The summed E-state index contributed by atoms with van der Waals surface area (Å²) >= 11 is 9.61. The molecule has 1 aliphatic heterocycles. The average molecular weight is 527 g/mol. The Balaban J connectivity index is 1.67. The molecule has 4 nitrogen and oxygen atoms in total. The largest absolute Gasteiger partial charge is 0.490 e. The standard InChI is InChI=1S/C27H25BrClNO3/c1-3-13-30-24-8-6-5-7-21(24)22(27(30)31)14-19-15-23(28)26(25(16-19)32-4-2)33-17-18-9-11-20(29)12-10-18/h5-12,14-16H,3-4,13,17H2,1-2H3/b22-14-. The Morgan fingerprint density at radius 1 is 1.03 bits per heavy atom. The van der Waals surface area contributed by atoms with Crippen molar-refractivity contribution in [3.05, 3.63) is 86.8 Å². The Kier molecular flexibility index (Phi) is 7.41. The highest BCUT2D eigenvalue weighted by Crippen LogP contribution is 2.41. The number of ether oxygens (including phenoxy) is 2. The quantitative estimate of drug-likeness (QED) is 0.288. The summed E-state index contributed by atoms with van der Waals surface area (Å²) in [6.07, 6.45) is 2.82. The lowest BCUT2D eigenvalue weighted by molar-refractivity contribution is -0.113. The van der Waals surface area contributed by atoms with Gasteiger partial charge >= 0.3 is 0 Å². The molecule has 6 heteroatoms. The third-order valence-corrected chi connectivity index (χ3v) is 6.19. The minimum Gasteiger partial charge on any atom is -0.490 e. The van der Waals surface area contributed by atoms with Gasteiger partial charge in [0, 0.05) is 22.7 Å². The summed E-state index contributed by atoms with van der Waals surface area (Å²) in [6, 6.07) is 19.3. The normalized spacial score (nSPS) is 14.0. The highest BCUT2D eigenvalue weighted by molar-refractivity contribution is 9.10. The second-order valence-corrected chi connectivity index (χ2v) is 9.00. The fraction of sp³-hybridized carbons (Fsp3) is 0.222. The molecular formula is C27H25BrClNO3. The molecule has 0 bridgehead atoms. The van der Waals surface area contributed by atoms with Crippen LogP contribution in [0.5, 0.6) is 11.5 Å². The lowest BCUT2D eigenvalue weighted by atomic mass is 10.0. The van der Waals surface area contributed by atoms with Crippen molar-refractivity contribution in [2.24, 2.45) is 0 Å². The van der Waals surface area contributed by atoms with Gasteiger partial charge in [-0.25, -0.2) is 0 Å². The zero-order valence-electron chi connectivity index (χ0n) is 18.6. The highest BCUT2D eigenvalue weighted by atomic mass is 79.9. The van der Waals surface area contributed by atoms with Gasteiger partial charge in [0.05, 0.1) is 16.8 Å². The summed E-state index contributed by atoms with van der Waals surface area (Å²) in [5.41, 5.74) is 4.46. The molecule has 1 aliphatic rings. The molecule has 3 aromatic rings. The first-order valence-corrected chi connectivity index (χ1v) is 12.2. The molecule has 0 N–H and O–H groups in total. The first-order chi connectivity index (χ1) is 16.0. The Hall–Kier alpha value is -2.76. The van der Waals surface area contributed by atoms with Crippen LogP contribution in [-0.4, -0.2) is 19.1 Å². The molecule has 33 heavy (non-hydrogen) atoms. The number of nitrogens with zero attached hydrogens (tertiary/aromatic N) is 1. The number of rotatable bonds is 8. The van der Waals surface area contributed by atoms with Gasteiger partial charge in [0.15, 0.2) is 11.5 Å². The highest BCUT2D eigenvalue weighted by Gasteiger charge is 2.31. The first kappa shape index (κ1) is 23.4. The molecule has 0 aliphatic carbocycles. The predicted molar refractivity (Wildman–Crippen MR) is 138 cm³/mol. The molecular weight excluding hydrogens is 502 g/mol. The van der Waals surface area contributed by atoms with Gasteiger partial charge in [0.1, 0.15) is 6.61 Å². The van der Waals surface area contributed by atoms with Crippen LogP contribution in [0, 0.1) is 0 Å². The van der Waals surface area contributed by atoms with Crippen LogP contribution in [0.15, 0.2) is 65.1 Å². The summed E-state index contributed by atoms with van der Waals surface area (Å²) < 4.78 is 12.7. The Labute approximate surface area is 207 Å². The lowest BCUT2D eigenvalue weighted by Crippen LogP contribution is -2.26. The Morgan fingerprint density at radius 2 is 1.79 bits per heavy atom. The molecule has 4 rings (SSSR count). The SMILES string of the molecule is CCCN1C(=O)/C(=C\c2cc(Br)c(OCc3ccc(Cl)cc3)c(OCC)c2)c2ccccc21. The van der Waals surface area contributed by atoms with Crippen LogP contribution in [0.3, 0.4) is 0 Å². The number of carbonyl (C=O) groups excluding carboxylic acids is 1. The maximum Gasteiger partial charge on any atom is 0.258 e. The van der Waals surface area contributed by atoms with Crippen LogP contribution in [0.1, 0.15) is 37.0 Å². The van der Waals surface area contributed by atoms with Gasteiger partial charge in [-0.1, -0.05) is 48.9 Å². The summed E-state index contributed by atoms with van der Waals surface area (Å²) in [5.74, 6) is 1.27. The smallest absolute Gasteiger partial charge is 0.258 e. The van der Waals surface area contributed by atoms with Crippen LogP contribution in [0.4, 0.5) is 5.69 Å². The molecule has 0 fully saturated rings. The molecule has 0 spiro atoms. The van der Waals surface area contributed by atoms with Gasteiger partial charge in [-0.2, -0.15) is 0 Å². The second kappa shape index (κ2) is 10.4. The number of halogens is 2. The van der Waals surface area contributed by atoms with Gasteiger partial charge in [-0.3, -0.25) is 4.79 Å². The van der Waals surface area contributed by atoms with Gasteiger partial charge in [0.25, 0.3) is 5.91 Å². The lowest BCUT2D eigenvalue weighted by Gasteiger charge is -2.16. The number of hydrogen-bond donors (Lipinski definition) is 0. The molecule has 0 saturated carbocycles. The summed E-state index contributed by atoms with van der Waals surface area (Å²) in [4.78, 5) is 15.0. The Morgan fingerprint density at radius 3 is 2.52 bits per heavy atom. The number of para-hydroxylation sites is 1. The fourth-order valence-electron chi connectivity index (χ4n) is 3.87.